The maximum atomic E-state index is 12.7. The van der Waals surface area contributed by atoms with Gasteiger partial charge in [0.05, 0.1) is 30.4 Å². The van der Waals surface area contributed by atoms with Gasteiger partial charge in [-0.3, -0.25) is 19.9 Å². The van der Waals surface area contributed by atoms with Crippen LogP contribution in [0.15, 0.2) is 79.2 Å². The molecule has 0 spiro atoms. The summed E-state index contributed by atoms with van der Waals surface area (Å²) < 4.78 is 25.0. The lowest BCUT2D eigenvalue weighted by Gasteiger charge is -2.47. The summed E-state index contributed by atoms with van der Waals surface area (Å²) in [5.74, 6) is -0.958. The van der Waals surface area contributed by atoms with Gasteiger partial charge in [0.25, 0.3) is 0 Å². The Bertz CT molecular complexity index is 2020. The second-order valence-corrected chi connectivity index (χ2v) is 15.9. The molecule has 3 unspecified atom stereocenters. The number of aromatic nitrogens is 1. The molecule has 58 heavy (non-hydrogen) atoms. The standard InChI is InChI=1S/C44H53ClN4O9/c1-5-55-40(54)43(29-51)15-17-49(27-43)16-10-18-58-44(14-9-13-35(41(44,2)3)33-11-7-6-8-12-33)30-57-38-21-37(56-26-32-19-31(22-46)23-47-24-32)34(20-36(38)45)25-48-42(4,28-50)39(52)53/h6-9,11-14,19-21,23-24,48,50-51H,5,10,15-18,25-30H2,1-4H3,(H,52,53). The van der Waals surface area contributed by atoms with E-state index in [2.05, 4.69) is 53.3 Å². The molecular formula is C44H53ClN4O9. The molecule has 0 radical (unpaired) electrons. The highest BCUT2D eigenvalue weighted by molar-refractivity contribution is 6.32. The number of hydrogen-bond donors (Lipinski definition) is 4. The number of likely N-dealkylation sites (tertiary alicyclic amines) is 1. The van der Waals surface area contributed by atoms with Crippen LogP contribution in [0.3, 0.4) is 0 Å². The second kappa shape index (κ2) is 19.3. The van der Waals surface area contributed by atoms with Crippen LogP contribution in [0.1, 0.15) is 62.8 Å². The van der Waals surface area contributed by atoms with Crippen LogP contribution in [0.4, 0.5) is 0 Å². The lowest BCUT2D eigenvalue weighted by Crippen LogP contribution is -2.52. The van der Waals surface area contributed by atoms with Gasteiger partial charge >= 0.3 is 11.9 Å². The fourth-order valence-electron chi connectivity index (χ4n) is 7.28. The summed E-state index contributed by atoms with van der Waals surface area (Å²) in [6, 6.07) is 17.1. The van der Waals surface area contributed by atoms with E-state index in [0.29, 0.717) is 67.3 Å². The van der Waals surface area contributed by atoms with Crippen molar-refractivity contribution in [2.45, 2.75) is 64.8 Å². The van der Waals surface area contributed by atoms with E-state index in [1.165, 1.54) is 13.1 Å². The van der Waals surface area contributed by atoms with Gasteiger partial charge in [-0.25, -0.2) is 0 Å². The first-order valence-corrected chi connectivity index (χ1v) is 19.7. The van der Waals surface area contributed by atoms with Crippen molar-refractivity contribution in [2.24, 2.45) is 10.8 Å². The third kappa shape index (κ3) is 9.89. The minimum atomic E-state index is -1.63. The van der Waals surface area contributed by atoms with Crippen LogP contribution in [-0.4, -0.2) is 101 Å². The Hall–Kier alpha value is -4.81. The summed E-state index contributed by atoms with van der Waals surface area (Å²) in [6.45, 7) is 8.85. The number of rotatable bonds is 20. The maximum absolute atomic E-state index is 12.7. The molecule has 14 heteroatoms. The highest BCUT2D eigenvalue weighted by atomic mass is 35.5. The van der Waals surface area contributed by atoms with Gasteiger partial charge in [0, 0.05) is 61.2 Å². The molecule has 0 bridgehead atoms. The summed E-state index contributed by atoms with van der Waals surface area (Å²) in [4.78, 5) is 30.9. The van der Waals surface area contributed by atoms with Crippen molar-refractivity contribution in [3.8, 4) is 17.6 Å². The average Bonchev–Trinajstić information content (AvgIpc) is 3.66. The Labute approximate surface area is 344 Å². The number of halogens is 1. The Morgan fingerprint density at radius 3 is 2.57 bits per heavy atom. The zero-order valence-electron chi connectivity index (χ0n) is 33.5. The quantitative estimate of drug-likeness (QED) is 0.0822. The van der Waals surface area contributed by atoms with E-state index < -0.39 is 34.5 Å². The van der Waals surface area contributed by atoms with Crippen LogP contribution in [0, 0.1) is 22.2 Å². The van der Waals surface area contributed by atoms with E-state index in [0.717, 1.165) is 11.1 Å². The van der Waals surface area contributed by atoms with Crippen LogP contribution < -0.4 is 14.8 Å². The van der Waals surface area contributed by atoms with Gasteiger partial charge in [-0.2, -0.15) is 5.26 Å². The summed E-state index contributed by atoms with van der Waals surface area (Å²) in [5.41, 5.74) is -0.549. The summed E-state index contributed by atoms with van der Waals surface area (Å²) in [7, 11) is 0. The van der Waals surface area contributed by atoms with Gasteiger partial charge < -0.3 is 39.2 Å². The molecule has 1 fully saturated rings. The number of ether oxygens (including phenoxy) is 4. The monoisotopic (exact) mass is 816 g/mol. The fourth-order valence-corrected chi connectivity index (χ4v) is 7.52. The largest absolute Gasteiger partial charge is 0.488 e. The fraction of sp³-hybridized carbons (Fsp3) is 0.455. The summed E-state index contributed by atoms with van der Waals surface area (Å²) in [6.07, 6.45) is 10.3. The van der Waals surface area contributed by atoms with Crippen LogP contribution in [0.5, 0.6) is 11.5 Å². The minimum absolute atomic E-state index is 0.0144. The van der Waals surface area contributed by atoms with Gasteiger partial charge in [0.15, 0.2) is 0 Å². The van der Waals surface area contributed by atoms with E-state index in [9.17, 15) is 30.2 Å². The van der Waals surface area contributed by atoms with E-state index in [1.54, 1.807) is 31.3 Å². The molecule has 0 amide bonds. The SMILES string of the molecule is CCOC(=O)C1(CO)CCN(CCCOC2(COc3cc(OCc4cncc(C#N)c4)c(CNC(C)(CO)C(=O)O)cc3Cl)C=CC=C(c3ccccc3)C2(C)C)C1. The van der Waals surface area contributed by atoms with Crippen LogP contribution in [-0.2, 0) is 32.2 Å². The number of carboxylic acid groups (broad SMARTS) is 1. The Morgan fingerprint density at radius 2 is 1.88 bits per heavy atom. The highest BCUT2D eigenvalue weighted by Gasteiger charge is 2.50. The van der Waals surface area contributed by atoms with Crippen molar-refractivity contribution in [1.29, 1.82) is 5.26 Å². The lowest BCUT2D eigenvalue weighted by molar-refractivity contribution is -0.157. The second-order valence-electron chi connectivity index (χ2n) is 15.5. The first kappa shape index (κ1) is 44.3. The van der Waals surface area contributed by atoms with E-state index in [-0.39, 0.29) is 44.0 Å². The zero-order chi connectivity index (χ0) is 42.0. The number of esters is 1. The molecular weight excluding hydrogens is 764 g/mol. The Balaban J connectivity index is 1.40. The third-order valence-electron chi connectivity index (χ3n) is 11.2. The number of aliphatic carboxylic acids is 1. The molecule has 2 aliphatic rings. The van der Waals surface area contributed by atoms with Crippen molar-refractivity contribution in [3.05, 3.63) is 106 Å². The number of carbonyl (C=O) groups excluding carboxylic acids is 1. The topological polar surface area (TPSA) is 184 Å². The molecule has 13 nitrogen and oxygen atoms in total. The molecule has 1 aliphatic carbocycles. The van der Waals surface area contributed by atoms with Crippen molar-refractivity contribution in [2.75, 3.05) is 52.7 Å². The van der Waals surface area contributed by atoms with Crippen molar-refractivity contribution >= 4 is 29.1 Å². The Morgan fingerprint density at radius 1 is 1.10 bits per heavy atom. The number of allylic oxidation sites excluding steroid dienone is 2. The van der Waals surface area contributed by atoms with Gasteiger partial charge in [-0.15, -0.1) is 0 Å². The molecule has 1 aliphatic heterocycles. The number of carbonyl (C=O) groups is 2. The number of carboxylic acids is 1. The molecule has 4 N–H and O–H groups in total. The van der Waals surface area contributed by atoms with Crippen molar-refractivity contribution < 1.29 is 43.9 Å². The number of nitrogens with one attached hydrogen (secondary N) is 1. The lowest BCUT2D eigenvalue weighted by atomic mass is 9.65. The molecule has 1 saturated heterocycles. The molecule has 2 heterocycles. The van der Waals surface area contributed by atoms with Crippen LogP contribution in [0.25, 0.3) is 5.57 Å². The van der Waals surface area contributed by atoms with E-state index in [1.807, 2.05) is 30.4 Å². The molecule has 0 saturated carbocycles. The molecule has 1 aromatic heterocycles. The van der Waals surface area contributed by atoms with Gasteiger partial charge in [-0.1, -0.05) is 67.9 Å². The predicted octanol–water partition coefficient (Wildman–Crippen LogP) is 5.56. The minimum Gasteiger partial charge on any atom is -0.488 e. The summed E-state index contributed by atoms with van der Waals surface area (Å²) in [5, 5.41) is 42.3. The number of aliphatic hydroxyl groups excluding tert-OH is 2. The normalized spacial score (nSPS) is 21.1. The van der Waals surface area contributed by atoms with Gasteiger partial charge in [0.1, 0.15) is 47.3 Å². The number of hydrogen-bond acceptors (Lipinski definition) is 12. The average molecular weight is 817 g/mol. The van der Waals surface area contributed by atoms with Gasteiger partial charge in [-0.05, 0) is 62.6 Å². The molecule has 3 aromatic rings. The van der Waals surface area contributed by atoms with Gasteiger partial charge in [0.2, 0.25) is 0 Å². The zero-order valence-corrected chi connectivity index (χ0v) is 34.3. The third-order valence-corrected chi connectivity index (χ3v) is 11.5. The molecule has 2 aromatic carbocycles. The highest BCUT2D eigenvalue weighted by Crippen LogP contribution is 2.49. The number of nitriles is 1. The van der Waals surface area contributed by atoms with E-state index in [4.69, 9.17) is 30.5 Å². The Kier molecular flexibility index (Phi) is 14.7. The van der Waals surface area contributed by atoms with Crippen LogP contribution >= 0.6 is 11.6 Å². The molecule has 310 valence electrons. The number of benzene rings is 2. The van der Waals surface area contributed by atoms with Crippen molar-refractivity contribution in [3.63, 3.8) is 0 Å². The molecule has 5 rings (SSSR count). The number of aliphatic hydroxyl groups is 2. The smallest absolute Gasteiger partial charge is 0.326 e. The number of pyridine rings is 1. The summed E-state index contributed by atoms with van der Waals surface area (Å²) >= 11 is 6.89. The van der Waals surface area contributed by atoms with Crippen LogP contribution in [0.2, 0.25) is 5.02 Å². The maximum Gasteiger partial charge on any atom is 0.326 e. The number of nitrogens with zero attached hydrogens (tertiary/aromatic N) is 3. The first-order valence-electron chi connectivity index (χ1n) is 19.4. The molecule has 3 atom stereocenters. The van der Waals surface area contributed by atoms with E-state index >= 15 is 0 Å². The van der Waals surface area contributed by atoms with Crippen molar-refractivity contribution in [1.82, 2.24) is 15.2 Å². The predicted molar refractivity (Wildman–Crippen MR) is 218 cm³/mol. The first-order chi connectivity index (χ1) is 27.7.